The fraction of sp³-hybridized carbons (Fsp3) is 0.529. The predicted molar refractivity (Wildman–Crippen MR) is 172 cm³/mol. The summed E-state index contributed by atoms with van der Waals surface area (Å²) in [6.45, 7) is 7.06. The maximum Gasteiger partial charge on any atom is 0.278 e. The van der Waals surface area contributed by atoms with Gasteiger partial charge in [-0.05, 0) is 120 Å². The van der Waals surface area contributed by atoms with Gasteiger partial charge in [-0.3, -0.25) is 4.79 Å². The lowest BCUT2D eigenvalue weighted by Gasteiger charge is -2.46. The molecule has 2 aliphatic heterocycles. The third kappa shape index (κ3) is 4.61. The van der Waals surface area contributed by atoms with Crippen molar-refractivity contribution in [2.24, 2.45) is 10.8 Å². The highest BCUT2D eigenvalue weighted by Gasteiger charge is 2.52. The molecule has 0 radical (unpaired) electrons. The molecule has 2 spiro atoms. The summed E-state index contributed by atoms with van der Waals surface area (Å²) in [5.74, 6) is 1.01. The predicted octanol–water partition coefficient (Wildman–Crippen LogP) is 4.81. The number of hydrogen-bond donors (Lipinski definition) is 2. The number of hydrogen-bond acceptors (Lipinski definition) is 8. The lowest BCUT2D eigenvalue weighted by molar-refractivity contribution is 0.0734. The minimum absolute atomic E-state index is 0.0144. The first kappa shape index (κ1) is 27.8. The quantitative estimate of drug-likeness (QED) is 0.339. The van der Waals surface area contributed by atoms with Gasteiger partial charge in [0, 0.05) is 42.6 Å². The largest absolute Gasteiger partial charge is 0.386 e. The van der Waals surface area contributed by atoms with Gasteiger partial charge in [-0.2, -0.15) is 4.98 Å². The summed E-state index contributed by atoms with van der Waals surface area (Å²) >= 11 is 0. The van der Waals surface area contributed by atoms with Gasteiger partial charge in [0.15, 0.2) is 11.5 Å². The van der Waals surface area contributed by atoms with Crippen molar-refractivity contribution in [3.05, 3.63) is 64.2 Å². The van der Waals surface area contributed by atoms with E-state index in [4.69, 9.17) is 9.97 Å². The van der Waals surface area contributed by atoms with Crippen LogP contribution in [0.1, 0.15) is 69.2 Å². The fourth-order valence-electron chi connectivity index (χ4n) is 7.88. The highest BCUT2D eigenvalue weighted by atomic mass is 16.3. The molecule has 8 rings (SSSR count). The molecule has 10 nitrogen and oxygen atoms in total. The van der Waals surface area contributed by atoms with E-state index in [0.29, 0.717) is 34.8 Å². The number of nitrogens with one attached hydrogen (secondary N) is 1. The average Bonchev–Trinajstić information content (AvgIpc) is 3.78. The second kappa shape index (κ2) is 10.4. The molecule has 1 saturated carbocycles. The zero-order valence-electron chi connectivity index (χ0n) is 25.8. The number of aliphatic hydroxyl groups is 1. The van der Waals surface area contributed by atoms with Crippen LogP contribution in [0.2, 0.25) is 0 Å². The third-order valence-corrected chi connectivity index (χ3v) is 11.2. The summed E-state index contributed by atoms with van der Waals surface area (Å²) in [5, 5.41) is 15.0. The molecule has 3 fully saturated rings. The molecule has 4 aliphatic rings. The number of aryl methyl sites for hydroxylation is 1. The Bertz CT molecular complexity index is 1750. The Morgan fingerprint density at radius 1 is 0.932 bits per heavy atom. The van der Waals surface area contributed by atoms with Gasteiger partial charge in [0.25, 0.3) is 5.56 Å². The SMILES string of the molecule is CCn1c(=O)c2cnc(Nc3ccc(N4CCC5(CCN(C)CC5)CC4)cc3)nc2n1-c1ccc2c(n1)C(O)C1(CC2)CC1. The van der Waals surface area contributed by atoms with Crippen LogP contribution >= 0.6 is 0 Å². The smallest absolute Gasteiger partial charge is 0.278 e. The van der Waals surface area contributed by atoms with E-state index in [2.05, 4.69) is 51.4 Å². The number of likely N-dealkylation sites (tertiary alicyclic amines) is 1. The molecule has 0 bridgehead atoms. The van der Waals surface area contributed by atoms with Gasteiger partial charge in [-0.25, -0.2) is 19.3 Å². The molecule has 44 heavy (non-hydrogen) atoms. The van der Waals surface area contributed by atoms with E-state index >= 15 is 0 Å². The van der Waals surface area contributed by atoms with E-state index in [9.17, 15) is 9.90 Å². The van der Waals surface area contributed by atoms with Crippen molar-refractivity contribution in [3.8, 4) is 5.82 Å². The highest BCUT2D eigenvalue weighted by molar-refractivity contribution is 5.77. The maximum absolute atomic E-state index is 13.3. The second-order valence-electron chi connectivity index (χ2n) is 13.7. The van der Waals surface area contributed by atoms with E-state index in [0.717, 1.165) is 55.7 Å². The molecular weight excluding hydrogens is 552 g/mol. The van der Waals surface area contributed by atoms with Crippen LogP contribution in [0.5, 0.6) is 0 Å². The standard InChI is InChI=1S/C34H42N8O2/c1-3-41-31(44)26-22-35-32(38-30(26)42(41)27-9-4-23-10-11-34(12-13-34)29(43)28(23)37-27)36-24-5-7-25(8-6-24)40-20-16-33(17-21-40)14-18-39(2)19-15-33/h4-9,22,29,43H,3,10-21H2,1-2H3,(H,35,36,38). The van der Waals surface area contributed by atoms with Gasteiger partial charge in [-0.1, -0.05) is 6.07 Å². The molecule has 230 valence electrons. The van der Waals surface area contributed by atoms with Crippen molar-refractivity contribution in [1.82, 2.24) is 29.2 Å². The highest BCUT2D eigenvalue weighted by Crippen LogP contribution is 2.60. The van der Waals surface area contributed by atoms with Crippen molar-refractivity contribution in [2.75, 3.05) is 43.4 Å². The Morgan fingerprint density at radius 2 is 1.66 bits per heavy atom. The molecule has 4 aromatic rings. The summed E-state index contributed by atoms with van der Waals surface area (Å²) in [6.07, 6.45) is 10.3. The van der Waals surface area contributed by atoms with Crippen molar-refractivity contribution in [3.63, 3.8) is 0 Å². The molecule has 0 amide bonds. The first-order valence-electron chi connectivity index (χ1n) is 16.3. The molecule has 1 aromatic carbocycles. The number of pyridine rings is 1. The Hall–Kier alpha value is -3.76. The first-order valence-corrected chi connectivity index (χ1v) is 16.3. The molecule has 2 aliphatic carbocycles. The molecule has 3 aromatic heterocycles. The number of rotatable bonds is 5. The normalized spacial score (nSPS) is 22.4. The lowest BCUT2D eigenvalue weighted by Crippen LogP contribution is -2.46. The summed E-state index contributed by atoms with van der Waals surface area (Å²) in [5.41, 5.74) is 4.84. The lowest BCUT2D eigenvalue weighted by atomic mass is 9.71. The molecule has 2 saturated heterocycles. The Labute approximate surface area is 257 Å². The number of nitrogens with zero attached hydrogens (tertiary/aromatic N) is 7. The van der Waals surface area contributed by atoms with Gasteiger partial charge in [-0.15, -0.1) is 0 Å². The van der Waals surface area contributed by atoms with Crippen LogP contribution in [0, 0.1) is 10.8 Å². The average molecular weight is 595 g/mol. The van der Waals surface area contributed by atoms with Crippen LogP contribution < -0.4 is 15.8 Å². The van der Waals surface area contributed by atoms with Crippen molar-refractivity contribution < 1.29 is 5.11 Å². The molecule has 2 N–H and O–H groups in total. The first-order chi connectivity index (χ1) is 21.4. The minimum atomic E-state index is -0.565. The van der Waals surface area contributed by atoms with E-state index < -0.39 is 6.10 Å². The number of anilines is 3. The fourth-order valence-corrected chi connectivity index (χ4v) is 7.88. The number of aliphatic hydroxyl groups excluding tert-OH is 1. The van der Waals surface area contributed by atoms with E-state index in [1.807, 2.05) is 19.1 Å². The Morgan fingerprint density at radius 3 is 2.36 bits per heavy atom. The van der Waals surface area contributed by atoms with Gasteiger partial charge in [0.05, 0.1) is 5.69 Å². The zero-order chi connectivity index (χ0) is 30.1. The summed E-state index contributed by atoms with van der Waals surface area (Å²) in [7, 11) is 2.24. The molecule has 1 unspecified atom stereocenters. The minimum Gasteiger partial charge on any atom is -0.386 e. The summed E-state index contributed by atoms with van der Waals surface area (Å²) < 4.78 is 3.42. The van der Waals surface area contributed by atoms with E-state index in [1.54, 1.807) is 15.6 Å². The molecule has 10 heteroatoms. The zero-order valence-corrected chi connectivity index (χ0v) is 25.8. The van der Waals surface area contributed by atoms with Crippen LogP contribution in [0.25, 0.3) is 16.9 Å². The summed E-state index contributed by atoms with van der Waals surface area (Å²) in [6, 6.07) is 12.5. The van der Waals surface area contributed by atoms with Gasteiger partial charge in [0.2, 0.25) is 5.95 Å². The van der Waals surface area contributed by atoms with Crippen LogP contribution in [-0.4, -0.2) is 67.5 Å². The van der Waals surface area contributed by atoms with E-state index in [-0.39, 0.29) is 11.0 Å². The number of aromatic nitrogens is 5. The maximum atomic E-state index is 13.3. The van der Waals surface area contributed by atoms with Crippen LogP contribution in [0.15, 0.2) is 47.4 Å². The Kier molecular flexibility index (Phi) is 6.57. The molecule has 5 heterocycles. The van der Waals surface area contributed by atoms with Crippen molar-refractivity contribution in [2.45, 2.75) is 70.9 Å². The Balaban J connectivity index is 1.04. The second-order valence-corrected chi connectivity index (χ2v) is 13.7. The van der Waals surface area contributed by atoms with Gasteiger partial charge < -0.3 is 20.2 Å². The number of benzene rings is 1. The van der Waals surface area contributed by atoms with E-state index in [1.165, 1.54) is 44.5 Å². The van der Waals surface area contributed by atoms with Crippen LogP contribution in [0.4, 0.5) is 17.3 Å². The third-order valence-electron chi connectivity index (χ3n) is 11.2. The number of fused-ring (bicyclic) bond motifs is 2. The number of piperidine rings is 2. The topological polar surface area (TPSA) is 104 Å². The van der Waals surface area contributed by atoms with Gasteiger partial charge in [0.1, 0.15) is 11.5 Å². The van der Waals surface area contributed by atoms with Crippen molar-refractivity contribution >= 4 is 28.4 Å². The molecule has 1 atom stereocenters. The van der Waals surface area contributed by atoms with Gasteiger partial charge >= 0.3 is 0 Å². The van der Waals surface area contributed by atoms with Crippen molar-refractivity contribution in [1.29, 1.82) is 0 Å². The van der Waals surface area contributed by atoms with Crippen LogP contribution in [-0.2, 0) is 13.0 Å². The summed E-state index contributed by atoms with van der Waals surface area (Å²) in [4.78, 5) is 32.6. The van der Waals surface area contributed by atoms with Crippen LogP contribution in [0.3, 0.4) is 0 Å². The monoisotopic (exact) mass is 594 g/mol. The molecular formula is C34H42N8O2.